The van der Waals surface area contributed by atoms with Gasteiger partial charge in [-0.05, 0) is 112 Å². The van der Waals surface area contributed by atoms with Gasteiger partial charge in [0, 0.05) is 27.7 Å². The van der Waals surface area contributed by atoms with Crippen molar-refractivity contribution in [2.75, 3.05) is 6.54 Å². The number of halogens is 3. The van der Waals surface area contributed by atoms with E-state index in [-0.39, 0.29) is 6.03 Å². The zero-order valence-corrected chi connectivity index (χ0v) is 26.6. The molecule has 4 bridgehead atoms. The van der Waals surface area contributed by atoms with Gasteiger partial charge in [-0.25, -0.2) is 9.48 Å². The second-order valence-corrected chi connectivity index (χ2v) is 14.1. The van der Waals surface area contributed by atoms with Crippen molar-refractivity contribution in [2.24, 2.45) is 29.6 Å². The number of urea groups is 1. The van der Waals surface area contributed by atoms with Gasteiger partial charge in [0.2, 0.25) is 0 Å². The van der Waals surface area contributed by atoms with Crippen molar-refractivity contribution in [3.63, 3.8) is 0 Å². The Kier molecular flexibility index (Phi) is 9.38. The van der Waals surface area contributed by atoms with Crippen molar-refractivity contribution in [2.45, 2.75) is 77.7 Å². The van der Waals surface area contributed by atoms with E-state index in [9.17, 15) is 4.79 Å². The number of amides is 2. The maximum atomic E-state index is 12.6. The van der Waals surface area contributed by atoms with Crippen LogP contribution in [-0.4, -0.2) is 22.4 Å². The number of aromatic nitrogens is 2. The minimum absolute atomic E-state index is 0.171. The number of benzene rings is 2. The van der Waals surface area contributed by atoms with Gasteiger partial charge in [-0.1, -0.05) is 66.2 Å². The van der Waals surface area contributed by atoms with E-state index >= 15 is 0 Å². The molecular formula is C34H41Cl3N4O. The van der Waals surface area contributed by atoms with Gasteiger partial charge in [-0.3, -0.25) is 0 Å². The fourth-order valence-electron chi connectivity index (χ4n) is 8.28. The van der Waals surface area contributed by atoms with Crippen LogP contribution in [0.25, 0.3) is 16.9 Å². The Bertz CT molecular complexity index is 1370. The van der Waals surface area contributed by atoms with Gasteiger partial charge < -0.3 is 10.6 Å². The van der Waals surface area contributed by atoms with Gasteiger partial charge in [-0.2, -0.15) is 5.10 Å². The van der Waals surface area contributed by atoms with Crippen LogP contribution in [0.1, 0.15) is 75.5 Å². The van der Waals surface area contributed by atoms with Crippen LogP contribution >= 0.6 is 34.8 Å². The van der Waals surface area contributed by atoms with Crippen LogP contribution in [0.3, 0.4) is 0 Å². The Morgan fingerprint density at radius 3 is 2.21 bits per heavy atom. The molecule has 4 fully saturated rings. The lowest BCUT2D eigenvalue weighted by Crippen LogP contribution is -2.44. The summed E-state index contributed by atoms with van der Waals surface area (Å²) >= 11 is 18.9. The van der Waals surface area contributed by atoms with Crippen LogP contribution in [0.15, 0.2) is 42.5 Å². The zero-order valence-electron chi connectivity index (χ0n) is 24.4. The summed E-state index contributed by atoms with van der Waals surface area (Å²) in [5, 5.41) is 12.6. The van der Waals surface area contributed by atoms with Crippen LogP contribution in [0, 0.1) is 36.5 Å². The smallest absolute Gasteiger partial charge is 0.315 e. The highest BCUT2D eigenvalue weighted by Crippen LogP contribution is 2.57. The molecule has 0 radical (unpaired) electrons. The van der Waals surface area contributed by atoms with Gasteiger partial charge in [0.15, 0.2) is 0 Å². The lowest BCUT2D eigenvalue weighted by molar-refractivity contribution is -0.0404. The molecule has 224 valence electrons. The van der Waals surface area contributed by atoms with E-state index < -0.39 is 0 Å². The molecule has 2 amide bonds. The molecule has 1 heterocycles. The molecule has 5 nitrogen and oxygen atoms in total. The van der Waals surface area contributed by atoms with E-state index in [1.807, 2.05) is 41.9 Å². The number of unbranched alkanes of at least 4 members (excludes halogenated alkanes) is 3. The van der Waals surface area contributed by atoms with Gasteiger partial charge in [0.25, 0.3) is 0 Å². The van der Waals surface area contributed by atoms with E-state index in [1.54, 1.807) is 12.1 Å². The highest BCUT2D eigenvalue weighted by atomic mass is 35.5. The van der Waals surface area contributed by atoms with Gasteiger partial charge in [0.05, 0.1) is 28.6 Å². The van der Waals surface area contributed by atoms with E-state index in [2.05, 4.69) is 10.6 Å². The molecule has 8 heteroatoms. The van der Waals surface area contributed by atoms with Gasteiger partial charge in [0.1, 0.15) is 0 Å². The number of nitrogens with zero attached hydrogens (tertiary/aromatic N) is 2. The zero-order chi connectivity index (χ0) is 29.2. The third-order valence-corrected chi connectivity index (χ3v) is 10.9. The summed E-state index contributed by atoms with van der Waals surface area (Å²) in [6, 6.07) is 12.8. The minimum atomic E-state index is -0.171. The summed E-state index contributed by atoms with van der Waals surface area (Å²) in [5.74, 6) is 5.20. The molecular weight excluding hydrogens is 587 g/mol. The monoisotopic (exact) mass is 626 g/mol. The highest BCUT2D eigenvalue weighted by Gasteiger charge is 2.47. The van der Waals surface area contributed by atoms with Crippen molar-refractivity contribution >= 4 is 40.8 Å². The largest absolute Gasteiger partial charge is 0.338 e. The Labute approximate surface area is 264 Å². The molecule has 4 aliphatic carbocycles. The van der Waals surface area contributed by atoms with Gasteiger partial charge >= 0.3 is 6.03 Å². The third-order valence-electron chi connectivity index (χ3n) is 10.1. The maximum Gasteiger partial charge on any atom is 0.315 e. The summed E-state index contributed by atoms with van der Waals surface area (Å²) in [7, 11) is 0. The number of nitrogens with one attached hydrogen (secondary N) is 2. The summed E-state index contributed by atoms with van der Waals surface area (Å²) in [5.41, 5.74) is 4.29. The number of hydrogen-bond acceptors (Lipinski definition) is 2. The van der Waals surface area contributed by atoms with Crippen LogP contribution < -0.4 is 10.6 Å². The molecule has 2 N–H and O–H groups in total. The standard InChI is InChI=1S/C34H41Cl3N4O/c1-21-31(40-41(32-12-11-28(36)19-30(32)37)33(21)24-7-9-27(35)10-8-24)20-39-34(42)38-13-5-3-2-4-6-29-25-15-22-14-23(17-25)18-26(29)16-22/h7-12,19,22-23,25-26,29H,2-6,13-18,20H2,1H3,(H2,38,39,42). The minimum Gasteiger partial charge on any atom is -0.338 e. The lowest BCUT2D eigenvalue weighted by Gasteiger charge is -2.54. The van der Waals surface area contributed by atoms with E-state index in [1.165, 1.54) is 57.8 Å². The van der Waals surface area contributed by atoms with Crippen LogP contribution in [-0.2, 0) is 6.54 Å². The number of carbonyl (C=O) groups excluding carboxylic acids is 1. The van der Waals surface area contributed by atoms with Gasteiger partial charge in [-0.15, -0.1) is 0 Å². The Morgan fingerprint density at radius 2 is 1.52 bits per heavy atom. The summed E-state index contributed by atoms with van der Waals surface area (Å²) < 4.78 is 1.81. The molecule has 0 atom stereocenters. The molecule has 0 spiro atoms. The van der Waals surface area contributed by atoms with Crippen LogP contribution in [0.2, 0.25) is 15.1 Å². The normalized spacial score (nSPS) is 24.2. The van der Waals surface area contributed by atoms with Crippen molar-refractivity contribution in [1.82, 2.24) is 20.4 Å². The summed E-state index contributed by atoms with van der Waals surface area (Å²) in [4.78, 5) is 12.6. The molecule has 7 rings (SSSR count). The number of rotatable bonds is 11. The maximum absolute atomic E-state index is 12.6. The fourth-order valence-corrected chi connectivity index (χ4v) is 8.89. The molecule has 0 unspecified atom stereocenters. The van der Waals surface area contributed by atoms with Crippen molar-refractivity contribution in [3.05, 3.63) is 68.8 Å². The first kappa shape index (κ1) is 29.8. The molecule has 42 heavy (non-hydrogen) atoms. The van der Waals surface area contributed by atoms with Crippen molar-refractivity contribution in [1.29, 1.82) is 0 Å². The Morgan fingerprint density at radius 1 is 0.857 bits per heavy atom. The predicted molar refractivity (Wildman–Crippen MR) is 173 cm³/mol. The first-order valence-electron chi connectivity index (χ1n) is 15.7. The Hall–Kier alpha value is -2.21. The van der Waals surface area contributed by atoms with Crippen LogP contribution in [0.5, 0.6) is 0 Å². The summed E-state index contributed by atoms with van der Waals surface area (Å²) in [6.45, 7) is 3.00. The average molecular weight is 628 g/mol. The van der Waals surface area contributed by atoms with Crippen molar-refractivity contribution < 1.29 is 4.79 Å². The number of hydrogen-bond donors (Lipinski definition) is 2. The van der Waals surface area contributed by atoms with E-state index in [0.717, 1.165) is 58.5 Å². The second-order valence-electron chi connectivity index (χ2n) is 12.8. The molecule has 0 aliphatic heterocycles. The quantitative estimate of drug-likeness (QED) is 0.208. The Balaban J connectivity index is 0.980. The molecule has 2 aromatic carbocycles. The number of carbonyl (C=O) groups is 1. The predicted octanol–water partition coefficient (Wildman–Crippen LogP) is 9.63. The summed E-state index contributed by atoms with van der Waals surface area (Å²) in [6.07, 6.45) is 13.8. The average Bonchev–Trinajstić information content (AvgIpc) is 3.28. The SMILES string of the molecule is Cc1c(CNC(=O)NCCCCCCC2C3CC4CC(C3)CC2C4)nn(-c2ccc(Cl)cc2Cl)c1-c1ccc(Cl)cc1. The van der Waals surface area contributed by atoms with E-state index in [4.69, 9.17) is 39.9 Å². The fraction of sp³-hybridized carbons (Fsp3) is 0.529. The van der Waals surface area contributed by atoms with E-state index in [0.29, 0.717) is 33.8 Å². The molecule has 3 aromatic rings. The first-order chi connectivity index (χ1) is 20.4. The topological polar surface area (TPSA) is 59.0 Å². The molecule has 0 saturated heterocycles. The highest BCUT2D eigenvalue weighted by molar-refractivity contribution is 6.35. The van der Waals surface area contributed by atoms with Crippen LogP contribution in [0.4, 0.5) is 4.79 Å². The molecule has 4 saturated carbocycles. The molecule has 1 aromatic heterocycles. The first-order valence-corrected chi connectivity index (χ1v) is 16.8. The lowest BCUT2D eigenvalue weighted by atomic mass is 9.51. The second kappa shape index (κ2) is 13.2. The third kappa shape index (κ3) is 6.64. The molecule has 4 aliphatic rings. The van der Waals surface area contributed by atoms with Crippen molar-refractivity contribution in [3.8, 4) is 16.9 Å².